The Hall–Kier alpha value is -0.0169. The van der Waals surface area contributed by atoms with Gasteiger partial charge in [-0.2, -0.15) is 0 Å². The van der Waals surface area contributed by atoms with Gasteiger partial charge in [0.05, 0.1) is 0 Å². The zero-order valence-electron chi connectivity index (χ0n) is 11.1. The topological polar surface area (TPSA) is 27.7 Å². The molecule has 4 heteroatoms. The van der Waals surface area contributed by atoms with Crippen molar-refractivity contribution in [3.8, 4) is 0 Å². The molecule has 0 fully saturated rings. The van der Waals surface area contributed by atoms with E-state index >= 15 is 0 Å². The van der Waals surface area contributed by atoms with Crippen LogP contribution in [-0.2, 0) is 8.44 Å². The van der Waals surface area contributed by atoms with E-state index in [1.807, 2.05) is 0 Å². The van der Waals surface area contributed by atoms with Gasteiger partial charge in [-0.1, -0.05) is 0 Å². The van der Waals surface area contributed by atoms with Crippen LogP contribution in [0.3, 0.4) is 0 Å². The molecule has 0 N–H and O–H groups in total. The Balaban J connectivity index is 1.54. The fraction of sp³-hybridized carbons (Fsp3) is 0.600. The molecule has 0 amide bonds. The van der Waals surface area contributed by atoms with Crippen molar-refractivity contribution in [3.05, 3.63) is 36.5 Å². The average Bonchev–Trinajstić information content (AvgIpc) is 3.10. The molecule has 0 bridgehead atoms. The van der Waals surface area contributed by atoms with Crippen LogP contribution in [0, 0.1) is 0 Å². The summed E-state index contributed by atoms with van der Waals surface area (Å²) in [6.07, 6.45) is 20.3. The minimum absolute atomic E-state index is 0.230. The molecule has 3 unspecified atom stereocenters. The normalized spacial score (nSPS) is 33.0. The van der Waals surface area contributed by atoms with Gasteiger partial charge in [0, 0.05) is 0 Å². The second-order valence-corrected chi connectivity index (χ2v) is 9.37. The Bertz CT molecular complexity index is 321. The van der Waals surface area contributed by atoms with Gasteiger partial charge in [0.25, 0.3) is 0 Å². The van der Waals surface area contributed by atoms with E-state index in [9.17, 15) is 0 Å². The first kappa shape index (κ1) is 13.9. The van der Waals surface area contributed by atoms with Crippen LogP contribution in [0.2, 0.25) is 0 Å². The molecular weight excluding hydrogens is 437 g/mol. The molecule has 3 aliphatic rings. The number of allylic oxidation sites excluding steroid dienone is 3. The van der Waals surface area contributed by atoms with Gasteiger partial charge in [0.15, 0.2) is 0 Å². The Morgan fingerprint density at radius 3 is 1.26 bits per heavy atom. The van der Waals surface area contributed by atoms with E-state index in [4.69, 9.17) is 8.44 Å². The Morgan fingerprint density at radius 1 is 0.632 bits per heavy atom. The molecule has 0 saturated heterocycles. The summed E-state index contributed by atoms with van der Waals surface area (Å²) in [5.41, 5.74) is 0. The van der Waals surface area contributed by atoms with Crippen LogP contribution in [0.15, 0.2) is 36.5 Å². The van der Waals surface area contributed by atoms with Crippen LogP contribution in [0.25, 0.3) is 0 Å². The van der Waals surface area contributed by atoms with Gasteiger partial charge in [0.1, 0.15) is 0 Å². The summed E-state index contributed by atoms with van der Waals surface area (Å²) in [6.45, 7) is 0. The number of rotatable bonds is 6. The summed E-state index contributed by atoms with van der Waals surface area (Å²) in [5, 5.41) is 0. The molecule has 3 nitrogen and oxygen atoms in total. The quantitative estimate of drug-likeness (QED) is 0.452. The van der Waals surface area contributed by atoms with Crippen molar-refractivity contribution in [2.24, 2.45) is 0 Å². The molecule has 0 saturated carbocycles. The summed E-state index contributed by atoms with van der Waals surface area (Å²) in [7, 11) is 0. The van der Waals surface area contributed by atoms with Crippen LogP contribution >= 0.6 is 0 Å². The van der Waals surface area contributed by atoms with Crippen LogP contribution in [-0.4, -0.2) is 41.4 Å². The van der Waals surface area contributed by atoms with E-state index in [2.05, 4.69) is 36.5 Å². The van der Waals surface area contributed by atoms with Crippen LogP contribution < -0.4 is 0 Å². The molecule has 0 aliphatic heterocycles. The molecule has 19 heavy (non-hydrogen) atoms. The van der Waals surface area contributed by atoms with E-state index in [-0.39, 0.29) is 18.3 Å². The first-order valence-electron chi connectivity index (χ1n) is 7.20. The van der Waals surface area contributed by atoms with Crippen LogP contribution in [0.1, 0.15) is 38.5 Å². The summed E-state index contributed by atoms with van der Waals surface area (Å²) in [5.74, 6) is 0. The molecule has 104 valence electrons. The molecule has 0 aromatic heterocycles. The van der Waals surface area contributed by atoms with Gasteiger partial charge in [0.2, 0.25) is 0 Å². The van der Waals surface area contributed by atoms with Gasteiger partial charge in [-0.05, 0) is 0 Å². The Labute approximate surface area is 124 Å². The van der Waals surface area contributed by atoms with Gasteiger partial charge in [-0.15, -0.1) is 0 Å². The third kappa shape index (κ3) is 4.22. The summed E-state index contributed by atoms with van der Waals surface area (Å²) in [6, 6.07) is 0. The minimum atomic E-state index is -2.75. The van der Waals surface area contributed by atoms with Crippen molar-refractivity contribution >= 4 is 23.1 Å². The maximum atomic E-state index is 6.14. The zero-order valence-corrected chi connectivity index (χ0v) is 14.6. The monoisotopic (exact) mass is 458 g/mol. The second-order valence-electron chi connectivity index (χ2n) is 5.17. The van der Waals surface area contributed by atoms with Crippen LogP contribution in [0.5, 0.6) is 0 Å². The number of hydrogen-bond acceptors (Lipinski definition) is 3. The van der Waals surface area contributed by atoms with E-state index in [1.165, 1.54) is 0 Å². The van der Waals surface area contributed by atoms with Crippen molar-refractivity contribution in [3.63, 3.8) is 0 Å². The number of hydrogen-bond donors (Lipinski definition) is 0. The predicted molar refractivity (Wildman–Crippen MR) is 75.5 cm³/mol. The molecule has 0 spiro atoms. The third-order valence-corrected chi connectivity index (χ3v) is 8.74. The molecule has 0 aromatic carbocycles. The fourth-order valence-corrected chi connectivity index (χ4v) is 7.69. The second kappa shape index (κ2) is 7.12. The Kier molecular flexibility index (Phi) is 5.23. The van der Waals surface area contributed by atoms with Crippen molar-refractivity contribution in [2.45, 2.75) is 56.8 Å². The van der Waals surface area contributed by atoms with Crippen molar-refractivity contribution in [1.82, 2.24) is 0 Å². The standard InChI is InChI=1S/3C5H7O.Bi/c3*6-5-3-1-2-4-5;/h3*1,3,5H,2,4H2;/q3*-1;+3. The maximum absolute atomic E-state index is 6.14. The van der Waals surface area contributed by atoms with Gasteiger partial charge in [-0.25, -0.2) is 0 Å². The van der Waals surface area contributed by atoms with Gasteiger partial charge < -0.3 is 0 Å². The fourth-order valence-electron chi connectivity index (χ4n) is 2.48. The molecule has 0 heterocycles. The molecular formula is C15H21BiO3. The van der Waals surface area contributed by atoms with E-state index in [0.29, 0.717) is 0 Å². The van der Waals surface area contributed by atoms with Gasteiger partial charge in [-0.3, -0.25) is 0 Å². The zero-order chi connectivity index (χ0) is 12.9. The first-order valence-corrected chi connectivity index (χ1v) is 11.5. The third-order valence-electron chi connectivity index (χ3n) is 3.57. The molecule has 0 radical (unpaired) electrons. The SMILES string of the molecule is C1=CC([O][Bi]([O]C2C=CCC2)[O]C2C=CCC2)CC1. The summed E-state index contributed by atoms with van der Waals surface area (Å²) in [4.78, 5) is 0. The Morgan fingerprint density at radius 2 is 1.00 bits per heavy atom. The average molecular weight is 458 g/mol. The van der Waals surface area contributed by atoms with Crippen molar-refractivity contribution < 1.29 is 8.44 Å². The molecule has 3 aliphatic carbocycles. The molecule has 3 atom stereocenters. The molecule has 0 aromatic rings. The van der Waals surface area contributed by atoms with Crippen molar-refractivity contribution in [1.29, 1.82) is 0 Å². The summed E-state index contributed by atoms with van der Waals surface area (Å²) < 4.78 is 18.4. The van der Waals surface area contributed by atoms with Crippen molar-refractivity contribution in [2.75, 3.05) is 0 Å². The van der Waals surface area contributed by atoms with Gasteiger partial charge >= 0.3 is 125 Å². The molecule has 3 rings (SSSR count). The van der Waals surface area contributed by atoms with E-state index in [0.717, 1.165) is 38.5 Å². The van der Waals surface area contributed by atoms with Crippen LogP contribution in [0.4, 0.5) is 0 Å². The first-order chi connectivity index (χ1) is 9.40. The summed E-state index contributed by atoms with van der Waals surface area (Å²) >= 11 is -2.75. The van der Waals surface area contributed by atoms with E-state index in [1.54, 1.807) is 0 Å². The predicted octanol–water partition coefficient (Wildman–Crippen LogP) is 3.18. The van der Waals surface area contributed by atoms with E-state index < -0.39 is 23.1 Å².